The lowest BCUT2D eigenvalue weighted by Crippen LogP contribution is -2.09. The first-order valence-electron chi connectivity index (χ1n) is 14.3. The van der Waals surface area contributed by atoms with Crippen LogP contribution in [0.2, 0.25) is 0 Å². The molecule has 42 heavy (non-hydrogen) atoms. The molecule has 198 valence electrons. The number of benzene rings is 7. The van der Waals surface area contributed by atoms with E-state index >= 15 is 0 Å². The van der Waals surface area contributed by atoms with E-state index in [4.69, 9.17) is 4.42 Å². The summed E-state index contributed by atoms with van der Waals surface area (Å²) in [7, 11) is 0. The average molecular weight is 538 g/mol. The van der Waals surface area contributed by atoms with Gasteiger partial charge in [0.15, 0.2) is 0 Å². The number of hydrogen-bond acceptors (Lipinski definition) is 2. The van der Waals surface area contributed by atoms with Crippen LogP contribution >= 0.6 is 0 Å². The molecule has 0 N–H and O–H groups in total. The molecule has 0 unspecified atom stereocenters. The van der Waals surface area contributed by atoms with Gasteiger partial charge in [-0.25, -0.2) is 0 Å². The molecular formula is C40H27NO. The number of furan rings is 1. The van der Waals surface area contributed by atoms with Crippen LogP contribution in [0.15, 0.2) is 168 Å². The van der Waals surface area contributed by atoms with Gasteiger partial charge in [-0.2, -0.15) is 0 Å². The summed E-state index contributed by atoms with van der Waals surface area (Å²) in [6.45, 7) is 0. The molecule has 0 saturated carbocycles. The van der Waals surface area contributed by atoms with Crippen molar-refractivity contribution < 1.29 is 4.42 Å². The molecule has 0 aliphatic carbocycles. The summed E-state index contributed by atoms with van der Waals surface area (Å²) in [5.74, 6) is 0. The van der Waals surface area contributed by atoms with Crippen molar-refractivity contribution in [3.63, 3.8) is 0 Å². The van der Waals surface area contributed by atoms with E-state index in [0.717, 1.165) is 44.6 Å². The Morgan fingerprint density at radius 2 is 1.00 bits per heavy atom. The fourth-order valence-corrected chi connectivity index (χ4v) is 6.09. The van der Waals surface area contributed by atoms with Gasteiger partial charge >= 0.3 is 0 Å². The van der Waals surface area contributed by atoms with Gasteiger partial charge in [0.05, 0.1) is 0 Å². The summed E-state index contributed by atoms with van der Waals surface area (Å²) in [5, 5.41) is 4.72. The number of para-hydroxylation sites is 2. The van der Waals surface area contributed by atoms with Gasteiger partial charge in [-0.3, -0.25) is 0 Å². The number of nitrogens with zero attached hydrogens (tertiary/aromatic N) is 1. The van der Waals surface area contributed by atoms with Gasteiger partial charge < -0.3 is 9.32 Å². The van der Waals surface area contributed by atoms with E-state index in [1.54, 1.807) is 0 Å². The van der Waals surface area contributed by atoms with Crippen LogP contribution in [0.4, 0.5) is 17.1 Å². The molecule has 0 atom stereocenters. The van der Waals surface area contributed by atoms with E-state index in [1.807, 2.05) is 6.07 Å². The van der Waals surface area contributed by atoms with E-state index in [1.165, 1.54) is 27.5 Å². The molecule has 0 radical (unpaired) electrons. The Kier molecular flexibility index (Phi) is 5.82. The van der Waals surface area contributed by atoms with Crippen LogP contribution < -0.4 is 4.90 Å². The summed E-state index contributed by atoms with van der Waals surface area (Å²) < 4.78 is 6.46. The van der Waals surface area contributed by atoms with Gasteiger partial charge in [0.2, 0.25) is 0 Å². The van der Waals surface area contributed by atoms with E-state index in [0.29, 0.717) is 0 Å². The van der Waals surface area contributed by atoms with Gasteiger partial charge in [-0.1, -0.05) is 109 Å². The highest BCUT2D eigenvalue weighted by atomic mass is 16.3. The van der Waals surface area contributed by atoms with Crippen molar-refractivity contribution in [1.29, 1.82) is 0 Å². The minimum Gasteiger partial charge on any atom is -0.456 e. The molecule has 7 aromatic carbocycles. The molecule has 0 spiro atoms. The zero-order chi connectivity index (χ0) is 27.9. The van der Waals surface area contributed by atoms with Gasteiger partial charge in [0.25, 0.3) is 0 Å². The maximum absolute atomic E-state index is 6.46. The normalized spacial score (nSPS) is 11.3. The van der Waals surface area contributed by atoms with Crippen molar-refractivity contribution in [3.8, 4) is 22.3 Å². The third kappa shape index (κ3) is 4.13. The summed E-state index contributed by atoms with van der Waals surface area (Å²) in [4.78, 5) is 2.29. The lowest BCUT2D eigenvalue weighted by atomic mass is 9.94. The second kappa shape index (κ2) is 10.1. The predicted octanol–water partition coefficient (Wildman–Crippen LogP) is 11.5. The SMILES string of the molecule is c1ccc(-c2ccc3c(c2)oc2ccc4cccc(-c5ccc(N(c6ccccc6)c6ccccc6)cc5)c4c23)cc1. The average Bonchev–Trinajstić information content (AvgIpc) is 3.45. The van der Waals surface area contributed by atoms with Crippen LogP contribution in [0.25, 0.3) is 55.0 Å². The highest BCUT2D eigenvalue weighted by Crippen LogP contribution is 2.42. The number of anilines is 3. The molecule has 0 fully saturated rings. The molecule has 0 bridgehead atoms. The molecule has 0 saturated heterocycles. The molecule has 0 aliphatic heterocycles. The van der Waals surface area contributed by atoms with Gasteiger partial charge in [-0.05, 0) is 82.2 Å². The highest BCUT2D eigenvalue weighted by molar-refractivity contribution is 6.23. The van der Waals surface area contributed by atoms with Crippen molar-refractivity contribution in [2.45, 2.75) is 0 Å². The molecular weight excluding hydrogens is 510 g/mol. The third-order valence-electron chi connectivity index (χ3n) is 8.05. The van der Waals surface area contributed by atoms with Gasteiger partial charge in [-0.15, -0.1) is 0 Å². The molecule has 2 nitrogen and oxygen atoms in total. The van der Waals surface area contributed by atoms with Crippen molar-refractivity contribution in [2.75, 3.05) is 4.90 Å². The minimum absolute atomic E-state index is 0.908. The van der Waals surface area contributed by atoms with E-state index in [2.05, 4.69) is 163 Å². The Balaban J connectivity index is 1.27. The summed E-state index contributed by atoms with van der Waals surface area (Å²) in [6, 6.07) is 57.8. The van der Waals surface area contributed by atoms with Gasteiger partial charge in [0.1, 0.15) is 11.2 Å². The van der Waals surface area contributed by atoms with E-state index < -0.39 is 0 Å². The van der Waals surface area contributed by atoms with Crippen LogP contribution in [0.1, 0.15) is 0 Å². The third-order valence-corrected chi connectivity index (χ3v) is 8.05. The maximum Gasteiger partial charge on any atom is 0.136 e. The minimum atomic E-state index is 0.908. The first kappa shape index (κ1) is 24.2. The molecule has 8 rings (SSSR count). The molecule has 1 heterocycles. The van der Waals surface area contributed by atoms with Crippen molar-refractivity contribution in [2.24, 2.45) is 0 Å². The lowest BCUT2D eigenvalue weighted by molar-refractivity contribution is 0.669. The predicted molar refractivity (Wildman–Crippen MR) is 177 cm³/mol. The van der Waals surface area contributed by atoms with Crippen molar-refractivity contribution >= 4 is 49.8 Å². The lowest BCUT2D eigenvalue weighted by Gasteiger charge is -2.25. The highest BCUT2D eigenvalue weighted by Gasteiger charge is 2.16. The molecule has 0 amide bonds. The monoisotopic (exact) mass is 537 g/mol. The topological polar surface area (TPSA) is 16.4 Å². The second-order valence-electron chi connectivity index (χ2n) is 10.6. The molecule has 0 aliphatic rings. The van der Waals surface area contributed by atoms with Crippen LogP contribution in [0, 0.1) is 0 Å². The van der Waals surface area contributed by atoms with E-state index in [9.17, 15) is 0 Å². The molecule has 2 heteroatoms. The standard InChI is InChI=1S/C40H27NO/c1-4-11-28(12-5-1)31-21-25-36-38(27-31)42-37-26-22-30-13-10-18-35(39(30)40(36)37)29-19-23-34(24-20-29)41(32-14-6-2-7-15-32)33-16-8-3-9-17-33/h1-27H. The maximum atomic E-state index is 6.46. The smallest absolute Gasteiger partial charge is 0.136 e. The van der Waals surface area contributed by atoms with Crippen LogP contribution in [0.5, 0.6) is 0 Å². The van der Waals surface area contributed by atoms with E-state index in [-0.39, 0.29) is 0 Å². The molecule has 1 aromatic heterocycles. The number of rotatable bonds is 5. The quantitative estimate of drug-likeness (QED) is 0.217. The summed E-state index contributed by atoms with van der Waals surface area (Å²) >= 11 is 0. The largest absolute Gasteiger partial charge is 0.456 e. The Hall–Kier alpha value is -5.60. The summed E-state index contributed by atoms with van der Waals surface area (Å²) in [6.07, 6.45) is 0. The van der Waals surface area contributed by atoms with Crippen molar-refractivity contribution in [1.82, 2.24) is 0 Å². The van der Waals surface area contributed by atoms with Crippen LogP contribution in [-0.4, -0.2) is 0 Å². The second-order valence-corrected chi connectivity index (χ2v) is 10.6. The number of hydrogen-bond donors (Lipinski definition) is 0. The zero-order valence-corrected chi connectivity index (χ0v) is 22.9. The fourth-order valence-electron chi connectivity index (χ4n) is 6.09. The van der Waals surface area contributed by atoms with Gasteiger partial charge in [0, 0.05) is 33.2 Å². The van der Waals surface area contributed by atoms with Crippen molar-refractivity contribution in [3.05, 3.63) is 164 Å². The first-order chi connectivity index (χ1) is 20.8. The first-order valence-corrected chi connectivity index (χ1v) is 14.3. The van der Waals surface area contributed by atoms with Crippen LogP contribution in [-0.2, 0) is 0 Å². The zero-order valence-electron chi connectivity index (χ0n) is 22.9. The Morgan fingerprint density at radius 1 is 0.381 bits per heavy atom. The summed E-state index contributed by atoms with van der Waals surface area (Å²) in [5.41, 5.74) is 9.90. The number of fused-ring (bicyclic) bond motifs is 5. The Bertz CT molecular complexity index is 2120. The Labute approximate surface area is 244 Å². The molecule has 8 aromatic rings. The van der Waals surface area contributed by atoms with Crippen LogP contribution in [0.3, 0.4) is 0 Å². The Morgan fingerprint density at radius 3 is 1.69 bits per heavy atom. The fraction of sp³-hybridized carbons (Fsp3) is 0.